The number of rotatable bonds is 3. The molecule has 0 radical (unpaired) electrons. The van der Waals surface area contributed by atoms with Crippen LogP contribution >= 0.6 is 31.9 Å². The standard InChI is InChI=1S/C9H11Br2NO/c1-13-5-9(12)6-2-7(10)4-8(11)3-6/h2-4,9H,5,12H2,1H3. The minimum atomic E-state index is -0.0706. The van der Waals surface area contributed by atoms with Gasteiger partial charge in [-0.1, -0.05) is 31.9 Å². The Kier molecular flexibility index (Phi) is 4.38. The highest BCUT2D eigenvalue weighted by atomic mass is 79.9. The minimum Gasteiger partial charge on any atom is -0.383 e. The minimum absolute atomic E-state index is 0.0706. The van der Waals surface area contributed by atoms with Crippen LogP contribution in [0.2, 0.25) is 0 Å². The first kappa shape index (κ1) is 11.2. The summed E-state index contributed by atoms with van der Waals surface area (Å²) in [5.41, 5.74) is 6.94. The number of hydrogen-bond acceptors (Lipinski definition) is 2. The first-order chi connectivity index (χ1) is 6.13. The molecule has 72 valence electrons. The number of halogens is 2. The summed E-state index contributed by atoms with van der Waals surface area (Å²) in [6.07, 6.45) is 0. The van der Waals surface area contributed by atoms with Gasteiger partial charge in [0.2, 0.25) is 0 Å². The monoisotopic (exact) mass is 307 g/mol. The Labute approximate surface area is 94.7 Å². The van der Waals surface area contributed by atoms with E-state index in [1.807, 2.05) is 18.2 Å². The predicted octanol–water partition coefficient (Wildman–Crippen LogP) is 2.86. The fourth-order valence-electron chi connectivity index (χ4n) is 1.07. The lowest BCUT2D eigenvalue weighted by Crippen LogP contribution is -2.15. The molecule has 2 nitrogen and oxygen atoms in total. The third-order valence-electron chi connectivity index (χ3n) is 1.66. The van der Waals surface area contributed by atoms with Crippen LogP contribution in [0.3, 0.4) is 0 Å². The maximum absolute atomic E-state index is 5.88. The third-order valence-corrected chi connectivity index (χ3v) is 2.57. The summed E-state index contributed by atoms with van der Waals surface area (Å²) in [6, 6.07) is 5.89. The van der Waals surface area contributed by atoms with E-state index in [-0.39, 0.29) is 6.04 Å². The highest BCUT2D eigenvalue weighted by Crippen LogP contribution is 2.23. The van der Waals surface area contributed by atoms with Crippen LogP contribution in [-0.4, -0.2) is 13.7 Å². The van der Waals surface area contributed by atoms with Crippen molar-refractivity contribution < 1.29 is 4.74 Å². The fraction of sp³-hybridized carbons (Fsp3) is 0.333. The molecule has 0 heterocycles. The molecule has 13 heavy (non-hydrogen) atoms. The Morgan fingerprint density at radius 3 is 2.31 bits per heavy atom. The van der Waals surface area contributed by atoms with Crippen molar-refractivity contribution in [2.45, 2.75) is 6.04 Å². The molecular weight excluding hydrogens is 298 g/mol. The average molecular weight is 309 g/mol. The molecule has 4 heteroatoms. The Hall–Kier alpha value is 0.1000. The van der Waals surface area contributed by atoms with Crippen LogP contribution in [0, 0.1) is 0 Å². The molecule has 0 aromatic heterocycles. The number of hydrogen-bond donors (Lipinski definition) is 1. The molecule has 1 unspecified atom stereocenters. The lowest BCUT2D eigenvalue weighted by molar-refractivity contribution is 0.181. The van der Waals surface area contributed by atoms with Crippen molar-refractivity contribution >= 4 is 31.9 Å². The SMILES string of the molecule is COCC(N)c1cc(Br)cc(Br)c1. The van der Waals surface area contributed by atoms with E-state index in [9.17, 15) is 0 Å². The molecule has 0 fully saturated rings. The second-order valence-electron chi connectivity index (χ2n) is 2.76. The van der Waals surface area contributed by atoms with Gasteiger partial charge in [-0.15, -0.1) is 0 Å². The first-order valence-electron chi connectivity index (χ1n) is 3.84. The van der Waals surface area contributed by atoms with Crippen LogP contribution in [0.1, 0.15) is 11.6 Å². The second-order valence-corrected chi connectivity index (χ2v) is 4.60. The second kappa shape index (κ2) is 5.10. The number of nitrogens with two attached hydrogens (primary N) is 1. The maximum Gasteiger partial charge on any atom is 0.0655 e. The predicted molar refractivity (Wildman–Crippen MR) is 60.6 cm³/mol. The largest absolute Gasteiger partial charge is 0.383 e. The average Bonchev–Trinajstić information content (AvgIpc) is 2.03. The van der Waals surface area contributed by atoms with Crippen LogP contribution in [0.25, 0.3) is 0 Å². The van der Waals surface area contributed by atoms with Crippen LogP contribution < -0.4 is 5.73 Å². The molecule has 1 aromatic rings. The Morgan fingerprint density at radius 2 is 1.85 bits per heavy atom. The van der Waals surface area contributed by atoms with Crippen LogP contribution in [0.15, 0.2) is 27.1 Å². The Morgan fingerprint density at radius 1 is 1.31 bits per heavy atom. The van der Waals surface area contributed by atoms with Crippen LogP contribution in [0.5, 0.6) is 0 Å². The topological polar surface area (TPSA) is 35.2 Å². The van der Waals surface area contributed by atoms with Gasteiger partial charge >= 0.3 is 0 Å². The molecule has 1 atom stereocenters. The molecule has 0 amide bonds. The number of benzene rings is 1. The van der Waals surface area contributed by atoms with Gasteiger partial charge in [0.1, 0.15) is 0 Å². The van der Waals surface area contributed by atoms with Crippen molar-refractivity contribution in [2.24, 2.45) is 5.73 Å². The number of methoxy groups -OCH3 is 1. The molecule has 1 rings (SSSR count). The van der Waals surface area contributed by atoms with Crippen molar-refractivity contribution in [3.63, 3.8) is 0 Å². The molecule has 0 aliphatic rings. The van der Waals surface area contributed by atoms with Gasteiger partial charge < -0.3 is 10.5 Å². The Balaban J connectivity index is 2.87. The Bertz CT molecular complexity index is 271. The lowest BCUT2D eigenvalue weighted by atomic mass is 10.1. The molecular formula is C9H11Br2NO. The van der Waals surface area contributed by atoms with Crippen LogP contribution in [0.4, 0.5) is 0 Å². The van der Waals surface area contributed by atoms with Crippen molar-refractivity contribution in [1.29, 1.82) is 0 Å². The third kappa shape index (κ3) is 3.38. The molecule has 1 aromatic carbocycles. The molecule has 2 N–H and O–H groups in total. The van der Waals surface area contributed by atoms with E-state index in [0.29, 0.717) is 6.61 Å². The maximum atomic E-state index is 5.88. The summed E-state index contributed by atoms with van der Waals surface area (Å²) < 4.78 is 7.02. The zero-order valence-electron chi connectivity index (χ0n) is 7.26. The number of ether oxygens (including phenoxy) is 1. The van der Waals surface area contributed by atoms with E-state index in [4.69, 9.17) is 10.5 Å². The van der Waals surface area contributed by atoms with E-state index in [0.717, 1.165) is 14.5 Å². The summed E-state index contributed by atoms with van der Waals surface area (Å²) in [4.78, 5) is 0. The summed E-state index contributed by atoms with van der Waals surface area (Å²) >= 11 is 6.81. The van der Waals surface area contributed by atoms with Gasteiger partial charge in [0, 0.05) is 16.1 Å². The zero-order valence-corrected chi connectivity index (χ0v) is 10.4. The van der Waals surface area contributed by atoms with E-state index in [1.54, 1.807) is 7.11 Å². The van der Waals surface area contributed by atoms with Gasteiger partial charge in [-0.25, -0.2) is 0 Å². The van der Waals surface area contributed by atoms with E-state index >= 15 is 0 Å². The van der Waals surface area contributed by atoms with Crippen molar-refractivity contribution in [3.8, 4) is 0 Å². The lowest BCUT2D eigenvalue weighted by Gasteiger charge is -2.11. The van der Waals surface area contributed by atoms with Gasteiger partial charge in [-0.2, -0.15) is 0 Å². The highest BCUT2D eigenvalue weighted by molar-refractivity contribution is 9.11. The van der Waals surface area contributed by atoms with Gasteiger partial charge in [0.05, 0.1) is 12.6 Å². The van der Waals surface area contributed by atoms with Crippen LogP contribution in [-0.2, 0) is 4.74 Å². The molecule has 0 bridgehead atoms. The van der Waals surface area contributed by atoms with Crippen molar-refractivity contribution in [1.82, 2.24) is 0 Å². The van der Waals surface area contributed by atoms with E-state index in [1.165, 1.54) is 0 Å². The first-order valence-corrected chi connectivity index (χ1v) is 5.42. The molecule has 0 aliphatic heterocycles. The van der Waals surface area contributed by atoms with E-state index < -0.39 is 0 Å². The summed E-state index contributed by atoms with van der Waals surface area (Å²) in [5.74, 6) is 0. The normalized spacial score (nSPS) is 12.9. The van der Waals surface area contributed by atoms with Gasteiger partial charge in [-0.05, 0) is 23.8 Å². The van der Waals surface area contributed by atoms with Gasteiger partial charge in [-0.3, -0.25) is 0 Å². The molecule has 0 saturated carbocycles. The fourth-order valence-corrected chi connectivity index (χ4v) is 2.39. The quantitative estimate of drug-likeness (QED) is 0.932. The molecule has 0 aliphatic carbocycles. The summed E-state index contributed by atoms with van der Waals surface area (Å²) in [5, 5.41) is 0. The zero-order chi connectivity index (χ0) is 9.84. The van der Waals surface area contributed by atoms with Crippen molar-refractivity contribution in [3.05, 3.63) is 32.7 Å². The summed E-state index contributed by atoms with van der Waals surface area (Å²) in [7, 11) is 1.65. The summed E-state index contributed by atoms with van der Waals surface area (Å²) in [6.45, 7) is 0.531. The van der Waals surface area contributed by atoms with Crippen molar-refractivity contribution in [2.75, 3.05) is 13.7 Å². The molecule has 0 spiro atoms. The van der Waals surface area contributed by atoms with Gasteiger partial charge in [0.25, 0.3) is 0 Å². The smallest absolute Gasteiger partial charge is 0.0655 e. The van der Waals surface area contributed by atoms with Gasteiger partial charge in [0.15, 0.2) is 0 Å². The molecule has 0 saturated heterocycles. The van der Waals surface area contributed by atoms with E-state index in [2.05, 4.69) is 31.9 Å². The highest BCUT2D eigenvalue weighted by Gasteiger charge is 2.06.